The minimum absolute atomic E-state index is 0.176. The number of benzene rings is 2. The van der Waals surface area contributed by atoms with E-state index < -0.39 is 10.0 Å². The second-order valence-corrected chi connectivity index (χ2v) is 11.0. The Morgan fingerprint density at radius 3 is 2.25 bits per heavy atom. The van der Waals surface area contributed by atoms with E-state index in [1.807, 2.05) is 32.9 Å². The molecule has 0 saturated heterocycles. The Morgan fingerprint density at radius 2 is 1.69 bits per heavy atom. The van der Waals surface area contributed by atoms with Gasteiger partial charge in [0, 0.05) is 16.2 Å². The van der Waals surface area contributed by atoms with Gasteiger partial charge in [0.05, 0.1) is 18.0 Å². The zero-order chi connectivity index (χ0) is 23.3. The molecule has 32 heavy (non-hydrogen) atoms. The number of nitrogens with one attached hydrogen (secondary N) is 1. The fraction of sp³-hybridized carbons (Fsp3) is 0.458. The molecule has 2 aromatic carbocycles. The lowest BCUT2D eigenvalue weighted by atomic mass is 9.95. The number of aryl methyl sites for hydroxylation is 2. The second-order valence-electron chi connectivity index (χ2n) is 8.21. The fourth-order valence-corrected chi connectivity index (χ4v) is 6.55. The van der Waals surface area contributed by atoms with E-state index in [9.17, 15) is 13.2 Å². The summed E-state index contributed by atoms with van der Waals surface area (Å²) < 4.78 is 34.9. The van der Waals surface area contributed by atoms with Gasteiger partial charge in [-0.1, -0.05) is 35.2 Å². The standard InChI is InChI=1S/C24H31BrN2O4S/c1-4-31-21-10-12-22(13-11-21)32(29,30)27(20-8-6-5-7-9-20)16-23(28)26-24-17(2)14-19(25)15-18(24)3/h10-15,20H,4-9,16H2,1-3H3,(H,26,28). The molecule has 0 unspecified atom stereocenters. The smallest absolute Gasteiger partial charge is 0.243 e. The van der Waals surface area contributed by atoms with Crippen molar-refractivity contribution in [1.82, 2.24) is 4.31 Å². The Bertz CT molecular complexity index is 1030. The molecular formula is C24H31BrN2O4S. The van der Waals surface area contributed by atoms with Crippen molar-refractivity contribution in [2.75, 3.05) is 18.5 Å². The van der Waals surface area contributed by atoms with E-state index in [1.165, 1.54) is 4.31 Å². The summed E-state index contributed by atoms with van der Waals surface area (Å²) >= 11 is 3.46. The molecule has 1 aliphatic carbocycles. The molecule has 1 amide bonds. The van der Waals surface area contributed by atoms with Crippen molar-refractivity contribution < 1.29 is 17.9 Å². The first-order valence-corrected chi connectivity index (χ1v) is 13.3. The number of hydrogen-bond acceptors (Lipinski definition) is 4. The van der Waals surface area contributed by atoms with Gasteiger partial charge in [0.25, 0.3) is 0 Å². The monoisotopic (exact) mass is 522 g/mol. The van der Waals surface area contributed by atoms with Crippen LogP contribution in [0.3, 0.4) is 0 Å². The maximum absolute atomic E-state index is 13.6. The SMILES string of the molecule is CCOc1ccc(S(=O)(=O)N(CC(=O)Nc2c(C)cc(Br)cc2C)C2CCCCC2)cc1. The average molecular weight is 523 g/mol. The summed E-state index contributed by atoms with van der Waals surface area (Å²) in [7, 11) is -3.84. The molecule has 0 radical (unpaired) electrons. The van der Waals surface area contributed by atoms with Crippen LogP contribution in [0.25, 0.3) is 0 Å². The Hall–Kier alpha value is -1.90. The van der Waals surface area contributed by atoms with Crippen LogP contribution in [0.15, 0.2) is 45.8 Å². The zero-order valence-corrected chi connectivity index (χ0v) is 21.3. The maximum atomic E-state index is 13.6. The molecule has 0 aromatic heterocycles. The molecule has 1 aliphatic rings. The molecule has 1 N–H and O–H groups in total. The first kappa shape index (κ1) is 24.7. The van der Waals surface area contributed by atoms with Gasteiger partial charge in [-0.3, -0.25) is 4.79 Å². The molecule has 0 spiro atoms. The predicted molar refractivity (Wildman–Crippen MR) is 131 cm³/mol. The summed E-state index contributed by atoms with van der Waals surface area (Å²) in [4.78, 5) is 13.2. The minimum atomic E-state index is -3.84. The summed E-state index contributed by atoms with van der Waals surface area (Å²) in [6, 6.07) is 10.1. The van der Waals surface area contributed by atoms with Crippen LogP contribution < -0.4 is 10.1 Å². The highest BCUT2D eigenvalue weighted by Crippen LogP contribution is 2.29. The first-order chi connectivity index (χ1) is 15.2. The van der Waals surface area contributed by atoms with Crippen LogP contribution in [0.1, 0.15) is 50.2 Å². The highest BCUT2D eigenvalue weighted by atomic mass is 79.9. The lowest BCUT2D eigenvalue weighted by Gasteiger charge is -2.33. The van der Waals surface area contributed by atoms with Crippen molar-refractivity contribution in [3.05, 3.63) is 52.0 Å². The molecule has 8 heteroatoms. The van der Waals surface area contributed by atoms with E-state index >= 15 is 0 Å². The predicted octanol–water partition coefficient (Wildman–Crippen LogP) is 5.43. The zero-order valence-electron chi connectivity index (χ0n) is 18.9. The molecule has 2 aromatic rings. The van der Waals surface area contributed by atoms with Crippen LogP contribution in [-0.2, 0) is 14.8 Å². The van der Waals surface area contributed by atoms with Gasteiger partial charge in [-0.2, -0.15) is 4.31 Å². The van der Waals surface area contributed by atoms with E-state index in [1.54, 1.807) is 24.3 Å². The summed E-state index contributed by atoms with van der Waals surface area (Å²) in [5, 5.41) is 2.94. The van der Waals surface area contributed by atoms with Crippen molar-refractivity contribution in [3.63, 3.8) is 0 Å². The Labute approximate surface area is 199 Å². The normalized spacial score (nSPS) is 15.0. The summed E-state index contributed by atoms with van der Waals surface area (Å²) in [5.74, 6) is 0.285. The number of amides is 1. The van der Waals surface area contributed by atoms with Crippen molar-refractivity contribution in [3.8, 4) is 5.75 Å². The van der Waals surface area contributed by atoms with Crippen molar-refractivity contribution in [2.24, 2.45) is 0 Å². The molecule has 1 fully saturated rings. The highest BCUT2D eigenvalue weighted by Gasteiger charge is 2.34. The van der Waals surface area contributed by atoms with E-state index in [0.717, 1.165) is 53.4 Å². The number of halogens is 1. The Balaban J connectivity index is 1.86. The van der Waals surface area contributed by atoms with E-state index in [2.05, 4.69) is 21.2 Å². The third kappa shape index (κ3) is 5.91. The highest BCUT2D eigenvalue weighted by molar-refractivity contribution is 9.10. The fourth-order valence-electron chi connectivity index (χ4n) is 4.22. The molecule has 6 nitrogen and oxygen atoms in total. The quantitative estimate of drug-likeness (QED) is 0.501. The minimum Gasteiger partial charge on any atom is -0.494 e. The summed E-state index contributed by atoms with van der Waals surface area (Å²) in [6.07, 6.45) is 4.55. The molecule has 3 rings (SSSR count). The number of ether oxygens (including phenoxy) is 1. The van der Waals surface area contributed by atoms with E-state index in [0.29, 0.717) is 12.4 Å². The number of hydrogen-bond donors (Lipinski definition) is 1. The number of nitrogens with zero attached hydrogens (tertiary/aromatic N) is 1. The molecular weight excluding hydrogens is 492 g/mol. The average Bonchev–Trinajstić information content (AvgIpc) is 2.75. The van der Waals surface area contributed by atoms with E-state index in [4.69, 9.17) is 4.74 Å². The maximum Gasteiger partial charge on any atom is 0.243 e. The van der Waals surface area contributed by atoms with Crippen LogP contribution in [0.2, 0.25) is 0 Å². The van der Waals surface area contributed by atoms with Crippen LogP contribution in [0.4, 0.5) is 5.69 Å². The number of carbonyl (C=O) groups excluding carboxylic acids is 1. The van der Waals surface area contributed by atoms with Gasteiger partial charge in [0.2, 0.25) is 15.9 Å². The molecule has 174 valence electrons. The Morgan fingerprint density at radius 1 is 1.09 bits per heavy atom. The number of sulfonamides is 1. The van der Waals surface area contributed by atoms with Gasteiger partial charge >= 0.3 is 0 Å². The lowest BCUT2D eigenvalue weighted by molar-refractivity contribution is -0.116. The van der Waals surface area contributed by atoms with Gasteiger partial charge < -0.3 is 10.1 Å². The van der Waals surface area contributed by atoms with Crippen LogP contribution in [0.5, 0.6) is 5.75 Å². The largest absolute Gasteiger partial charge is 0.494 e. The Kier molecular flexibility index (Phi) is 8.36. The van der Waals surface area contributed by atoms with Gasteiger partial charge in [-0.25, -0.2) is 8.42 Å². The van der Waals surface area contributed by atoms with E-state index in [-0.39, 0.29) is 23.4 Å². The lowest BCUT2D eigenvalue weighted by Crippen LogP contribution is -2.45. The van der Waals surface area contributed by atoms with Crippen LogP contribution >= 0.6 is 15.9 Å². The van der Waals surface area contributed by atoms with Gasteiger partial charge in [0.1, 0.15) is 5.75 Å². The van der Waals surface area contributed by atoms with Crippen molar-refractivity contribution in [1.29, 1.82) is 0 Å². The van der Waals surface area contributed by atoms with Gasteiger partial charge in [0.15, 0.2) is 0 Å². The second kappa shape index (κ2) is 10.8. The van der Waals surface area contributed by atoms with Gasteiger partial charge in [-0.05, 0) is 81.1 Å². The topological polar surface area (TPSA) is 75.7 Å². The third-order valence-electron chi connectivity index (χ3n) is 5.78. The van der Waals surface area contributed by atoms with Crippen LogP contribution in [0, 0.1) is 13.8 Å². The molecule has 0 aliphatic heterocycles. The third-order valence-corrected chi connectivity index (χ3v) is 8.16. The van der Waals surface area contributed by atoms with Crippen LogP contribution in [-0.4, -0.2) is 37.8 Å². The molecule has 0 bridgehead atoms. The van der Waals surface area contributed by atoms with Crippen molar-refractivity contribution >= 4 is 37.5 Å². The van der Waals surface area contributed by atoms with Gasteiger partial charge in [-0.15, -0.1) is 0 Å². The van der Waals surface area contributed by atoms with Crippen molar-refractivity contribution in [2.45, 2.75) is 63.8 Å². The summed E-state index contributed by atoms with van der Waals surface area (Å²) in [5.41, 5.74) is 2.56. The number of rotatable bonds is 8. The number of anilines is 1. The first-order valence-electron chi connectivity index (χ1n) is 11.0. The molecule has 0 atom stereocenters. The molecule has 1 saturated carbocycles. The molecule has 0 heterocycles. The summed E-state index contributed by atoms with van der Waals surface area (Å²) in [6.45, 7) is 6.01. The number of carbonyl (C=O) groups is 1.